The third-order valence-electron chi connectivity index (χ3n) is 6.74. The maximum atomic E-state index is 14.0. The van der Waals surface area contributed by atoms with Gasteiger partial charge >= 0.3 is 0 Å². The molecule has 4 atom stereocenters. The lowest BCUT2D eigenvalue weighted by Crippen LogP contribution is -2.39. The fourth-order valence-corrected chi connectivity index (χ4v) is 4.98. The van der Waals surface area contributed by atoms with E-state index in [1.165, 1.54) is 25.7 Å². The van der Waals surface area contributed by atoms with E-state index in [2.05, 4.69) is 6.92 Å². The zero-order chi connectivity index (χ0) is 17.7. The Kier molecular flexibility index (Phi) is 7.97. The first-order valence-electron chi connectivity index (χ1n) is 10.4. The minimum atomic E-state index is -0.936. The van der Waals surface area contributed by atoms with Crippen LogP contribution in [-0.2, 0) is 4.74 Å². The van der Waals surface area contributed by atoms with Gasteiger partial charge in [0.15, 0.2) is 0 Å². The summed E-state index contributed by atoms with van der Waals surface area (Å²) in [5.41, 5.74) is 0. The highest BCUT2D eigenvalue weighted by Gasteiger charge is 2.40. The fourth-order valence-electron chi connectivity index (χ4n) is 4.98. The van der Waals surface area contributed by atoms with Gasteiger partial charge in [-0.2, -0.15) is 0 Å². The second-order valence-electron chi connectivity index (χ2n) is 8.35. The topological polar surface area (TPSA) is 9.23 Å². The van der Waals surface area contributed by atoms with Crippen molar-refractivity contribution in [1.82, 2.24) is 0 Å². The molecule has 0 bridgehead atoms. The number of ether oxygens (including phenoxy) is 1. The maximum absolute atomic E-state index is 14.0. The van der Waals surface area contributed by atoms with Crippen LogP contribution in [0.5, 0.6) is 0 Å². The third-order valence-corrected chi connectivity index (χ3v) is 6.74. The van der Waals surface area contributed by atoms with Crippen LogP contribution in [0, 0.1) is 29.6 Å². The molecule has 0 radical (unpaired) electrons. The molecule has 0 amide bonds. The molecule has 3 aliphatic rings. The van der Waals surface area contributed by atoms with Gasteiger partial charge in [0.05, 0.1) is 6.10 Å². The molecule has 2 saturated carbocycles. The van der Waals surface area contributed by atoms with Gasteiger partial charge in [0.2, 0.25) is 0 Å². The van der Waals surface area contributed by atoms with Crippen molar-refractivity contribution in [2.45, 2.75) is 97.5 Å². The summed E-state index contributed by atoms with van der Waals surface area (Å²) in [4.78, 5) is 0. The minimum absolute atomic E-state index is 0.273. The van der Waals surface area contributed by atoms with Gasteiger partial charge in [-0.3, -0.25) is 0 Å². The molecule has 1 heterocycles. The Morgan fingerprint density at radius 1 is 0.708 bits per heavy atom. The molecular formula is C21H38F2O. The lowest BCUT2D eigenvalue weighted by Gasteiger charge is -2.42. The van der Waals surface area contributed by atoms with Gasteiger partial charge in [-0.15, -0.1) is 0 Å². The second kappa shape index (κ2) is 9.50. The van der Waals surface area contributed by atoms with Gasteiger partial charge in [-0.05, 0) is 75.0 Å². The largest absolute Gasteiger partial charge is 0.378 e. The van der Waals surface area contributed by atoms with Crippen molar-refractivity contribution in [2.75, 3.05) is 6.61 Å². The number of hydrogen-bond acceptors (Lipinski definition) is 1. The second-order valence-corrected chi connectivity index (χ2v) is 8.35. The number of rotatable bonds is 2. The zero-order valence-electron chi connectivity index (χ0n) is 16.1. The predicted molar refractivity (Wildman–Crippen MR) is 96.6 cm³/mol. The van der Waals surface area contributed by atoms with Crippen molar-refractivity contribution < 1.29 is 13.5 Å². The molecule has 0 N–H and O–H groups in total. The quantitative estimate of drug-likeness (QED) is 0.566. The van der Waals surface area contributed by atoms with E-state index in [1.807, 2.05) is 13.8 Å². The average molecular weight is 345 g/mol. The summed E-state index contributed by atoms with van der Waals surface area (Å²) in [6.07, 6.45) is 6.96. The van der Waals surface area contributed by atoms with Crippen LogP contribution in [0.3, 0.4) is 0 Å². The van der Waals surface area contributed by atoms with Gasteiger partial charge in [-0.1, -0.05) is 27.7 Å². The Morgan fingerprint density at radius 2 is 1.25 bits per heavy atom. The molecule has 4 unspecified atom stereocenters. The average Bonchev–Trinajstić information content (AvgIpc) is 2.62. The molecular weight excluding hydrogens is 306 g/mol. The molecule has 1 saturated heterocycles. The van der Waals surface area contributed by atoms with E-state index in [0.717, 1.165) is 19.4 Å². The Morgan fingerprint density at radius 3 is 1.75 bits per heavy atom. The predicted octanol–water partition coefficient (Wildman–Crippen LogP) is 6.36. The van der Waals surface area contributed by atoms with E-state index in [1.54, 1.807) is 6.92 Å². The van der Waals surface area contributed by atoms with Crippen molar-refractivity contribution >= 4 is 0 Å². The van der Waals surface area contributed by atoms with Crippen LogP contribution in [-0.4, -0.2) is 25.1 Å². The number of halogens is 2. The van der Waals surface area contributed by atoms with Crippen LogP contribution in [0.2, 0.25) is 0 Å². The van der Waals surface area contributed by atoms with Crippen LogP contribution in [0.15, 0.2) is 0 Å². The van der Waals surface area contributed by atoms with Gasteiger partial charge < -0.3 is 4.74 Å². The Labute approximate surface area is 147 Å². The number of hydrogen-bond donors (Lipinski definition) is 0. The van der Waals surface area contributed by atoms with Crippen molar-refractivity contribution in [3.8, 4) is 0 Å². The van der Waals surface area contributed by atoms with Crippen LogP contribution >= 0.6 is 0 Å². The van der Waals surface area contributed by atoms with Crippen LogP contribution in [0.4, 0.5) is 8.78 Å². The lowest BCUT2D eigenvalue weighted by molar-refractivity contribution is -0.0594. The molecule has 3 rings (SSSR count). The SMILES string of the molecule is CC.CC1CCC(C2CCC(C3CC(F)C(C)C(F)C3)CC2)OC1. The Bertz CT molecular complexity index is 334. The van der Waals surface area contributed by atoms with E-state index in [0.29, 0.717) is 36.7 Å². The monoisotopic (exact) mass is 344 g/mol. The lowest BCUT2D eigenvalue weighted by atomic mass is 9.67. The molecule has 0 aromatic heterocycles. The summed E-state index contributed by atoms with van der Waals surface area (Å²) in [6.45, 7) is 8.90. The first kappa shape index (κ1) is 20.1. The van der Waals surface area contributed by atoms with Crippen LogP contribution < -0.4 is 0 Å². The van der Waals surface area contributed by atoms with Crippen molar-refractivity contribution in [3.63, 3.8) is 0 Å². The molecule has 24 heavy (non-hydrogen) atoms. The summed E-state index contributed by atoms with van der Waals surface area (Å²) in [7, 11) is 0. The van der Waals surface area contributed by atoms with Crippen molar-refractivity contribution in [1.29, 1.82) is 0 Å². The molecule has 0 spiro atoms. The highest BCUT2D eigenvalue weighted by molar-refractivity contribution is 4.90. The first-order valence-corrected chi connectivity index (χ1v) is 10.4. The summed E-state index contributed by atoms with van der Waals surface area (Å²) < 4.78 is 34.0. The Balaban J connectivity index is 0.00000100. The van der Waals surface area contributed by atoms with Crippen molar-refractivity contribution in [2.24, 2.45) is 29.6 Å². The molecule has 0 aromatic carbocycles. The van der Waals surface area contributed by atoms with Gasteiger partial charge in [-0.25, -0.2) is 8.78 Å². The third kappa shape index (κ3) is 4.93. The molecule has 3 heteroatoms. The van der Waals surface area contributed by atoms with Gasteiger partial charge in [0.25, 0.3) is 0 Å². The molecule has 1 aliphatic heterocycles. The minimum Gasteiger partial charge on any atom is -0.378 e. The summed E-state index contributed by atoms with van der Waals surface area (Å²) in [5, 5.41) is 0. The fraction of sp³-hybridized carbons (Fsp3) is 1.00. The molecule has 0 aromatic rings. The van der Waals surface area contributed by atoms with E-state index in [-0.39, 0.29) is 5.92 Å². The van der Waals surface area contributed by atoms with E-state index in [4.69, 9.17) is 4.74 Å². The van der Waals surface area contributed by atoms with Gasteiger partial charge in [0.1, 0.15) is 12.3 Å². The summed E-state index contributed by atoms with van der Waals surface area (Å²) in [5.74, 6) is 1.82. The summed E-state index contributed by atoms with van der Waals surface area (Å²) >= 11 is 0. The highest BCUT2D eigenvalue weighted by Crippen LogP contribution is 2.44. The smallest absolute Gasteiger partial charge is 0.106 e. The van der Waals surface area contributed by atoms with E-state index >= 15 is 0 Å². The summed E-state index contributed by atoms with van der Waals surface area (Å²) in [6, 6.07) is 0. The first-order chi connectivity index (χ1) is 11.5. The van der Waals surface area contributed by atoms with Crippen LogP contribution in [0.1, 0.15) is 79.1 Å². The van der Waals surface area contributed by atoms with Crippen molar-refractivity contribution in [3.05, 3.63) is 0 Å². The number of alkyl halides is 2. The normalized spacial score (nSPS) is 46.8. The molecule has 3 fully saturated rings. The van der Waals surface area contributed by atoms with Gasteiger partial charge in [0, 0.05) is 12.5 Å². The molecule has 142 valence electrons. The van der Waals surface area contributed by atoms with Crippen LogP contribution in [0.25, 0.3) is 0 Å². The van der Waals surface area contributed by atoms with E-state index < -0.39 is 18.3 Å². The van der Waals surface area contributed by atoms with E-state index in [9.17, 15) is 8.78 Å². The molecule has 1 nitrogen and oxygen atoms in total. The molecule has 2 aliphatic carbocycles. The maximum Gasteiger partial charge on any atom is 0.106 e. The zero-order valence-corrected chi connectivity index (χ0v) is 16.1. The standard InChI is InChI=1S/C19H32F2O.C2H6/c1-12-3-8-19(22-11-12)15-6-4-14(5-7-15)16-9-17(20)13(2)18(21)10-16;1-2/h12-19H,3-11H2,1-2H3;1-2H3. The Hall–Kier alpha value is -0.180. The highest BCUT2D eigenvalue weighted by atomic mass is 19.1.